The normalized spacial score (nSPS) is 12.4. The smallest absolute Gasteiger partial charge is 0.0408 e. The van der Waals surface area contributed by atoms with Gasteiger partial charge < -0.3 is 5.73 Å². The second-order valence-corrected chi connectivity index (χ2v) is 5.62. The van der Waals surface area contributed by atoms with Gasteiger partial charge in [0.15, 0.2) is 0 Å². The number of rotatable bonds is 5. The van der Waals surface area contributed by atoms with Crippen molar-refractivity contribution in [2.45, 2.75) is 39.2 Å². The average Bonchev–Trinajstić information content (AvgIpc) is 2.46. The van der Waals surface area contributed by atoms with Crippen molar-refractivity contribution in [3.63, 3.8) is 0 Å². The fourth-order valence-electron chi connectivity index (χ4n) is 2.56. The molecule has 106 valence electrons. The van der Waals surface area contributed by atoms with Crippen LogP contribution in [0.2, 0.25) is 5.02 Å². The summed E-state index contributed by atoms with van der Waals surface area (Å²) in [6, 6.07) is 14.7. The lowest BCUT2D eigenvalue weighted by Crippen LogP contribution is -2.15. The minimum atomic E-state index is 0.0231. The van der Waals surface area contributed by atoms with Crippen molar-refractivity contribution in [2.75, 3.05) is 0 Å². The summed E-state index contributed by atoms with van der Waals surface area (Å²) in [5.41, 5.74) is 11.6. The Balaban J connectivity index is 2.25. The van der Waals surface area contributed by atoms with E-state index in [1.165, 1.54) is 22.3 Å². The van der Waals surface area contributed by atoms with Gasteiger partial charge in [0.1, 0.15) is 0 Å². The maximum Gasteiger partial charge on any atom is 0.0408 e. The highest BCUT2D eigenvalue weighted by Gasteiger charge is 2.12. The van der Waals surface area contributed by atoms with Crippen LogP contribution in [-0.4, -0.2) is 0 Å². The van der Waals surface area contributed by atoms with Crippen LogP contribution in [0.3, 0.4) is 0 Å². The Morgan fingerprint density at radius 1 is 1.00 bits per heavy atom. The summed E-state index contributed by atoms with van der Waals surface area (Å²) in [4.78, 5) is 0. The highest BCUT2D eigenvalue weighted by molar-refractivity contribution is 6.30. The Morgan fingerprint density at radius 3 is 2.45 bits per heavy atom. The molecule has 2 aromatic rings. The van der Waals surface area contributed by atoms with E-state index in [4.69, 9.17) is 17.3 Å². The van der Waals surface area contributed by atoms with Gasteiger partial charge >= 0.3 is 0 Å². The summed E-state index contributed by atoms with van der Waals surface area (Å²) in [5.74, 6) is 0. The molecular weight excluding hydrogens is 266 g/mol. The first kappa shape index (κ1) is 15.1. The van der Waals surface area contributed by atoms with Crippen LogP contribution in [-0.2, 0) is 19.3 Å². The van der Waals surface area contributed by atoms with Gasteiger partial charge in [-0.2, -0.15) is 0 Å². The van der Waals surface area contributed by atoms with Crippen molar-refractivity contribution >= 4 is 11.6 Å². The van der Waals surface area contributed by atoms with Crippen molar-refractivity contribution in [1.29, 1.82) is 0 Å². The molecule has 0 aliphatic rings. The number of benzene rings is 2. The Bertz CT molecular complexity index is 577. The van der Waals surface area contributed by atoms with Crippen molar-refractivity contribution in [3.05, 3.63) is 69.7 Å². The number of hydrogen-bond acceptors (Lipinski definition) is 1. The second-order valence-electron chi connectivity index (χ2n) is 5.18. The average molecular weight is 288 g/mol. The molecule has 0 saturated heterocycles. The zero-order valence-electron chi connectivity index (χ0n) is 12.2. The zero-order valence-corrected chi connectivity index (χ0v) is 13.0. The van der Waals surface area contributed by atoms with E-state index in [-0.39, 0.29) is 6.04 Å². The van der Waals surface area contributed by atoms with Crippen LogP contribution in [0.1, 0.15) is 42.1 Å². The number of hydrogen-bond donors (Lipinski definition) is 1. The summed E-state index contributed by atoms with van der Waals surface area (Å²) < 4.78 is 0. The molecule has 1 atom stereocenters. The van der Waals surface area contributed by atoms with Crippen LogP contribution in [0.25, 0.3) is 0 Å². The van der Waals surface area contributed by atoms with Crippen molar-refractivity contribution < 1.29 is 0 Å². The Morgan fingerprint density at radius 2 is 1.80 bits per heavy atom. The van der Waals surface area contributed by atoms with Gasteiger partial charge in [-0.25, -0.2) is 0 Å². The zero-order chi connectivity index (χ0) is 14.5. The molecule has 0 amide bonds. The molecule has 1 unspecified atom stereocenters. The molecule has 0 saturated carbocycles. The van der Waals surface area contributed by atoms with Gasteiger partial charge in [-0.3, -0.25) is 0 Å². The number of aryl methyl sites for hydroxylation is 2. The van der Waals surface area contributed by atoms with E-state index >= 15 is 0 Å². The largest absolute Gasteiger partial charge is 0.324 e. The predicted molar refractivity (Wildman–Crippen MR) is 87.3 cm³/mol. The highest BCUT2D eigenvalue weighted by Crippen LogP contribution is 2.23. The van der Waals surface area contributed by atoms with E-state index in [2.05, 4.69) is 38.1 Å². The van der Waals surface area contributed by atoms with Crippen LogP contribution >= 0.6 is 11.6 Å². The first-order valence-corrected chi connectivity index (χ1v) is 7.63. The predicted octanol–water partition coefficient (Wildman–Crippen LogP) is 4.71. The molecule has 20 heavy (non-hydrogen) atoms. The Kier molecular flexibility index (Phi) is 5.22. The van der Waals surface area contributed by atoms with Crippen LogP contribution in [0.15, 0.2) is 42.5 Å². The van der Waals surface area contributed by atoms with E-state index < -0.39 is 0 Å². The highest BCUT2D eigenvalue weighted by atomic mass is 35.5. The standard InChI is InChI=1S/C18H22ClN/c1-3-13-8-9-15(4-2)17(11-13)18(20)12-14-6-5-7-16(19)10-14/h5-11,18H,3-4,12,20H2,1-2H3. The Hall–Kier alpha value is -1.31. The molecule has 0 bridgehead atoms. The van der Waals surface area contributed by atoms with Crippen LogP contribution < -0.4 is 5.73 Å². The van der Waals surface area contributed by atoms with Crippen molar-refractivity contribution in [2.24, 2.45) is 5.73 Å². The quantitative estimate of drug-likeness (QED) is 0.847. The van der Waals surface area contributed by atoms with Gasteiger partial charge in [-0.15, -0.1) is 0 Å². The molecule has 0 aliphatic carbocycles. The molecular formula is C18H22ClN. The van der Waals surface area contributed by atoms with Gasteiger partial charge in [0.2, 0.25) is 0 Å². The van der Waals surface area contributed by atoms with Gasteiger partial charge in [-0.1, -0.05) is 55.8 Å². The lowest BCUT2D eigenvalue weighted by molar-refractivity contribution is 0.710. The third-order valence-corrected chi connectivity index (χ3v) is 3.98. The first-order chi connectivity index (χ1) is 9.63. The van der Waals surface area contributed by atoms with E-state index in [1.807, 2.05) is 18.2 Å². The third kappa shape index (κ3) is 3.62. The fourth-order valence-corrected chi connectivity index (χ4v) is 2.77. The molecule has 0 fully saturated rings. The lowest BCUT2D eigenvalue weighted by Gasteiger charge is -2.17. The minimum absolute atomic E-state index is 0.0231. The molecule has 0 aromatic heterocycles. The monoisotopic (exact) mass is 287 g/mol. The third-order valence-electron chi connectivity index (χ3n) is 3.74. The second kappa shape index (κ2) is 6.92. The number of nitrogens with two attached hydrogens (primary N) is 1. The molecule has 1 nitrogen and oxygen atoms in total. The Labute approximate surface area is 126 Å². The van der Waals surface area contributed by atoms with Crippen LogP contribution in [0, 0.1) is 0 Å². The van der Waals surface area contributed by atoms with Gasteiger partial charge in [0.05, 0.1) is 0 Å². The summed E-state index contributed by atoms with van der Waals surface area (Å²) >= 11 is 6.04. The molecule has 2 aromatic carbocycles. The topological polar surface area (TPSA) is 26.0 Å². The first-order valence-electron chi connectivity index (χ1n) is 7.25. The van der Waals surface area contributed by atoms with E-state index in [1.54, 1.807) is 0 Å². The molecule has 0 aliphatic heterocycles. The van der Waals surface area contributed by atoms with E-state index in [0.29, 0.717) is 0 Å². The van der Waals surface area contributed by atoms with Gasteiger partial charge in [0, 0.05) is 11.1 Å². The fraction of sp³-hybridized carbons (Fsp3) is 0.333. The molecule has 2 heteroatoms. The molecule has 2 rings (SSSR count). The van der Waals surface area contributed by atoms with E-state index in [9.17, 15) is 0 Å². The molecule has 0 radical (unpaired) electrons. The van der Waals surface area contributed by atoms with Crippen LogP contribution in [0.5, 0.6) is 0 Å². The number of halogens is 1. The van der Waals surface area contributed by atoms with Crippen LogP contribution in [0.4, 0.5) is 0 Å². The van der Waals surface area contributed by atoms with Crippen molar-refractivity contribution in [1.82, 2.24) is 0 Å². The van der Waals surface area contributed by atoms with Crippen molar-refractivity contribution in [3.8, 4) is 0 Å². The van der Waals surface area contributed by atoms with E-state index in [0.717, 1.165) is 24.3 Å². The minimum Gasteiger partial charge on any atom is -0.324 e. The maximum absolute atomic E-state index is 6.43. The summed E-state index contributed by atoms with van der Waals surface area (Å²) in [6.45, 7) is 4.35. The molecule has 2 N–H and O–H groups in total. The lowest BCUT2D eigenvalue weighted by atomic mass is 9.92. The summed E-state index contributed by atoms with van der Waals surface area (Å²) in [6.07, 6.45) is 2.88. The summed E-state index contributed by atoms with van der Waals surface area (Å²) in [5, 5.41) is 0.771. The van der Waals surface area contributed by atoms with Gasteiger partial charge in [-0.05, 0) is 53.6 Å². The molecule has 0 spiro atoms. The van der Waals surface area contributed by atoms with Gasteiger partial charge in [0.25, 0.3) is 0 Å². The maximum atomic E-state index is 6.43. The SMILES string of the molecule is CCc1ccc(CC)c(C(N)Cc2cccc(Cl)c2)c1. The molecule has 0 heterocycles. The summed E-state index contributed by atoms with van der Waals surface area (Å²) in [7, 11) is 0.